The average Bonchev–Trinajstić information content (AvgIpc) is 3.19. The summed E-state index contributed by atoms with van der Waals surface area (Å²) in [6.45, 7) is 1.02. The second-order valence-corrected chi connectivity index (χ2v) is 9.81. The molecule has 1 unspecified atom stereocenters. The van der Waals surface area contributed by atoms with Crippen LogP contribution in [-0.4, -0.2) is 65.1 Å². The summed E-state index contributed by atoms with van der Waals surface area (Å²) in [7, 11) is -3.90. The van der Waals surface area contributed by atoms with Crippen LogP contribution in [-0.2, 0) is 15.6 Å². The van der Waals surface area contributed by atoms with Crippen molar-refractivity contribution >= 4 is 32.3 Å². The highest BCUT2D eigenvalue weighted by molar-refractivity contribution is 7.91. The summed E-state index contributed by atoms with van der Waals surface area (Å²) in [5, 5.41) is 20.1. The Balaban J connectivity index is 1.69. The minimum atomic E-state index is -4.89. The van der Waals surface area contributed by atoms with Gasteiger partial charge < -0.3 is 10.0 Å². The second-order valence-electron chi connectivity index (χ2n) is 6.58. The van der Waals surface area contributed by atoms with Gasteiger partial charge >= 0.3 is 11.2 Å². The van der Waals surface area contributed by atoms with E-state index in [-0.39, 0.29) is 41.3 Å². The minimum absolute atomic E-state index is 0.0411. The fourth-order valence-electron chi connectivity index (χ4n) is 2.70. The summed E-state index contributed by atoms with van der Waals surface area (Å²) in [4.78, 5) is 19.4. The summed E-state index contributed by atoms with van der Waals surface area (Å²) in [6, 6.07) is 2.30. The summed E-state index contributed by atoms with van der Waals surface area (Å²) in [5.41, 5.74) is -3.61. The van der Waals surface area contributed by atoms with Crippen molar-refractivity contribution in [1.29, 1.82) is 0 Å². The fraction of sp³-hybridized carbons (Fsp3) is 0.467. The largest absolute Gasteiger partial charge is 0.421 e. The van der Waals surface area contributed by atoms with Crippen molar-refractivity contribution in [3.63, 3.8) is 0 Å². The van der Waals surface area contributed by atoms with Gasteiger partial charge in [0.05, 0.1) is 4.92 Å². The van der Waals surface area contributed by atoms with E-state index >= 15 is 0 Å². The first kappa shape index (κ1) is 22.3. The van der Waals surface area contributed by atoms with E-state index in [2.05, 4.69) is 9.97 Å². The van der Waals surface area contributed by atoms with E-state index in [9.17, 15) is 36.8 Å². The van der Waals surface area contributed by atoms with E-state index in [1.807, 2.05) is 0 Å². The van der Waals surface area contributed by atoms with E-state index in [4.69, 9.17) is 0 Å². The SMILES string of the molecule is CC(O)(c1cnc(N2CCN(S(=O)(=O)c3ccc([N+](=O)[O-])s3)CC2)nc1)C(F)(F)F. The van der Waals surface area contributed by atoms with Crippen molar-refractivity contribution in [3.8, 4) is 0 Å². The predicted molar refractivity (Wildman–Crippen MR) is 99.6 cm³/mol. The molecule has 0 bridgehead atoms. The molecule has 3 rings (SSSR count). The standard InChI is InChI=1S/C15H16F3N5O5S2/c1-14(24,15(16,17)18)10-8-19-13(20-9-10)21-4-6-22(7-5-21)30(27,28)12-3-2-11(29-12)23(25)26/h2-3,8-9,24H,4-7H2,1H3. The van der Waals surface area contributed by atoms with Crippen molar-refractivity contribution in [1.82, 2.24) is 14.3 Å². The Bertz CT molecular complexity index is 1030. The van der Waals surface area contributed by atoms with Gasteiger partial charge in [-0.2, -0.15) is 17.5 Å². The van der Waals surface area contributed by atoms with Crippen molar-refractivity contribution < 1.29 is 31.6 Å². The first-order valence-corrected chi connectivity index (χ1v) is 10.7. The maximum atomic E-state index is 12.9. The number of aromatic nitrogens is 2. The predicted octanol–water partition coefficient (Wildman–Crippen LogP) is 1.73. The van der Waals surface area contributed by atoms with E-state index in [0.29, 0.717) is 18.3 Å². The maximum absolute atomic E-state index is 12.9. The zero-order valence-corrected chi connectivity index (χ0v) is 17.0. The zero-order valence-electron chi connectivity index (χ0n) is 15.4. The van der Waals surface area contributed by atoms with Crippen LogP contribution < -0.4 is 4.90 Å². The van der Waals surface area contributed by atoms with Crippen LogP contribution in [0.1, 0.15) is 12.5 Å². The molecule has 10 nitrogen and oxygen atoms in total. The number of hydrogen-bond acceptors (Lipinski definition) is 9. The third-order valence-corrected chi connectivity index (χ3v) is 8.02. The number of thiophene rings is 1. The lowest BCUT2D eigenvalue weighted by Gasteiger charge is -2.34. The molecule has 3 heterocycles. The Morgan fingerprint density at radius 3 is 2.20 bits per heavy atom. The number of nitrogens with zero attached hydrogens (tertiary/aromatic N) is 5. The van der Waals surface area contributed by atoms with Crippen molar-refractivity contribution in [2.24, 2.45) is 0 Å². The molecule has 1 aliphatic rings. The van der Waals surface area contributed by atoms with Gasteiger partial charge in [-0.1, -0.05) is 0 Å². The molecule has 0 aliphatic carbocycles. The van der Waals surface area contributed by atoms with Crippen LogP contribution in [0, 0.1) is 10.1 Å². The van der Waals surface area contributed by atoms with Crippen molar-refractivity contribution in [3.05, 3.63) is 40.2 Å². The van der Waals surface area contributed by atoms with Gasteiger partial charge in [0, 0.05) is 50.2 Å². The van der Waals surface area contributed by atoms with Crippen molar-refractivity contribution in [2.45, 2.75) is 22.9 Å². The molecule has 0 aromatic carbocycles. The Kier molecular flexibility index (Phi) is 5.74. The molecule has 1 atom stereocenters. The van der Waals surface area contributed by atoms with Crippen LogP contribution in [0.4, 0.5) is 24.1 Å². The molecule has 0 radical (unpaired) electrons. The molecular weight excluding hydrogens is 451 g/mol. The van der Waals surface area contributed by atoms with Gasteiger partial charge in [-0.15, -0.1) is 0 Å². The smallest absolute Gasteiger partial charge is 0.376 e. The minimum Gasteiger partial charge on any atom is -0.376 e. The van der Waals surface area contributed by atoms with Gasteiger partial charge in [0.2, 0.25) is 5.95 Å². The molecule has 2 aromatic heterocycles. The van der Waals surface area contributed by atoms with Gasteiger partial charge in [0.1, 0.15) is 4.21 Å². The van der Waals surface area contributed by atoms with E-state index in [1.165, 1.54) is 10.4 Å². The Morgan fingerprint density at radius 1 is 1.17 bits per heavy atom. The summed E-state index contributed by atoms with van der Waals surface area (Å²) in [6.07, 6.45) is -3.14. The van der Waals surface area contributed by atoms with Crippen LogP contribution >= 0.6 is 11.3 Å². The number of anilines is 1. The van der Waals surface area contributed by atoms with Gasteiger partial charge in [-0.05, 0) is 24.3 Å². The summed E-state index contributed by atoms with van der Waals surface area (Å²) < 4.78 is 65.0. The zero-order chi connectivity index (χ0) is 22.3. The number of hydrogen-bond donors (Lipinski definition) is 1. The highest BCUT2D eigenvalue weighted by atomic mass is 32.2. The van der Waals surface area contributed by atoms with Crippen LogP contribution in [0.3, 0.4) is 0 Å². The number of nitro groups is 1. The topological polar surface area (TPSA) is 130 Å². The third kappa shape index (κ3) is 4.10. The molecular formula is C15H16F3N5O5S2. The number of sulfonamides is 1. The Hall–Kier alpha value is -2.36. The molecule has 1 aliphatic heterocycles. The lowest BCUT2D eigenvalue weighted by atomic mass is 9.99. The molecule has 30 heavy (non-hydrogen) atoms. The molecule has 0 saturated carbocycles. The number of alkyl halides is 3. The van der Waals surface area contributed by atoms with Gasteiger partial charge in [0.15, 0.2) is 5.60 Å². The fourth-order valence-corrected chi connectivity index (χ4v) is 5.39. The summed E-state index contributed by atoms with van der Waals surface area (Å²) in [5.74, 6) is 0.0977. The molecule has 2 aromatic rings. The van der Waals surface area contributed by atoms with Crippen LogP contribution in [0.25, 0.3) is 0 Å². The van der Waals surface area contributed by atoms with E-state index < -0.39 is 32.3 Å². The monoisotopic (exact) mass is 467 g/mol. The van der Waals surface area contributed by atoms with Gasteiger partial charge in [-0.25, -0.2) is 18.4 Å². The number of halogens is 3. The lowest BCUT2D eigenvalue weighted by Crippen LogP contribution is -2.49. The highest BCUT2D eigenvalue weighted by Gasteiger charge is 2.51. The molecule has 0 spiro atoms. The molecule has 15 heteroatoms. The summed E-state index contributed by atoms with van der Waals surface area (Å²) >= 11 is 0.562. The first-order valence-electron chi connectivity index (χ1n) is 8.45. The molecule has 1 N–H and O–H groups in total. The first-order chi connectivity index (χ1) is 13.8. The maximum Gasteiger partial charge on any atom is 0.421 e. The van der Waals surface area contributed by atoms with E-state index in [1.54, 1.807) is 4.90 Å². The molecule has 0 amide bonds. The Labute approximate surface area is 172 Å². The van der Waals surface area contributed by atoms with Crippen LogP contribution in [0.5, 0.6) is 0 Å². The average molecular weight is 467 g/mol. The van der Waals surface area contributed by atoms with Gasteiger partial charge in [0.25, 0.3) is 10.0 Å². The second kappa shape index (κ2) is 7.72. The van der Waals surface area contributed by atoms with Gasteiger partial charge in [-0.3, -0.25) is 10.1 Å². The van der Waals surface area contributed by atoms with Crippen LogP contribution in [0.15, 0.2) is 28.7 Å². The lowest BCUT2D eigenvalue weighted by molar-refractivity contribution is -0.380. The number of aliphatic hydroxyl groups is 1. The van der Waals surface area contributed by atoms with Crippen molar-refractivity contribution in [2.75, 3.05) is 31.1 Å². The highest BCUT2D eigenvalue weighted by Crippen LogP contribution is 2.38. The Morgan fingerprint density at radius 2 is 1.73 bits per heavy atom. The molecule has 1 fully saturated rings. The van der Waals surface area contributed by atoms with E-state index in [0.717, 1.165) is 18.5 Å². The number of rotatable bonds is 5. The normalized spacial score (nSPS) is 18.2. The molecule has 164 valence electrons. The quantitative estimate of drug-likeness (QED) is 0.520. The number of piperazine rings is 1. The van der Waals surface area contributed by atoms with Crippen LogP contribution in [0.2, 0.25) is 0 Å². The third-order valence-electron chi connectivity index (χ3n) is 4.62. The molecule has 1 saturated heterocycles.